The molecule has 0 spiro atoms. The maximum absolute atomic E-state index is 2.31. The van der Waals surface area contributed by atoms with E-state index in [4.69, 9.17) is 0 Å². The Balaban J connectivity index is 2.15. The van der Waals surface area contributed by atoms with Crippen LogP contribution in [0, 0.1) is 0 Å². The van der Waals surface area contributed by atoms with E-state index in [2.05, 4.69) is 37.4 Å². The van der Waals surface area contributed by atoms with Crippen LogP contribution in [0.3, 0.4) is 0 Å². The van der Waals surface area contributed by atoms with Crippen LogP contribution in [0.2, 0.25) is 0 Å². The van der Waals surface area contributed by atoms with Gasteiger partial charge in [-0.1, -0.05) is 0 Å². The van der Waals surface area contributed by atoms with Crippen LogP contribution < -0.4 is 0 Å². The molecule has 66 valence electrons. The van der Waals surface area contributed by atoms with Crippen LogP contribution >= 0.6 is 23.5 Å². The van der Waals surface area contributed by atoms with E-state index in [1.54, 1.807) is 13.2 Å². The first-order valence-corrected chi connectivity index (χ1v) is 9.20. The van der Waals surface area contributed by atoms with Crippen molar-refractivity contribution in [2.75, 3.05) is 11.5 Å². The van der Waals surface area contributed by atoms with Crippen molar-refractivity contribution in [3.63, 3.8) is 0 Å². The van der Waals surface area contributed by atoms with E-state index in [0.29, 0.717) is 0 Å². The van der Waals surface area contributed by atoms with Gasteiger partial charge in [0.15, 0.2) is 0 Å². The summed E-state index contributed by atoms with van der Waals surface area (Å²) < 4.78 is 6.89. The molecular weight excluding hydrogens is 318 g/mol. The SMILES string of the molecule is CC1=C(C)[Se]C(=C2SCCS2)[Se]1. The Kier molecular flexibility index (Phi) is 3.39. The van der Waals surface area contributed by atoms with Crippen molar-refractivity contribution in [3.8, 4) is 0 Å². The monoisotopic (exact) mass is 330 g/mol. The molecule has 0 amide bonds. The summed E-state index contributed by atoms with van der Waals surface area (Å²) in [6, 6.07) is 0. The average molecular weight is 328 g/mol. The summed E-state index contributed by atoms with van der Waals surface area (Å²) in [5.41, 5.74) is 0. The third kappa shape index (κ3) is 2.00. The van der Waals surface area contributed by atoms with Crippen molar-refractivity contribution in [2.24, 2.45) is 0 Å². The van der Waals surface area contributed by atoms with Gasteiger partial charge in [-0.05, 0) is 0 Å². The Morgan fingerprint density at radius 1 is 1.00 bits per heavy atom. The molecule has 0 bridgehead atoms. The van der Waals surface area contributed by atoms with Gasteiger partial charge in [-0.25, -0.2) is 0 Å². The standard InChI is InChI=1S/C8H10S2Se2/c1-5-6(2)12-8(11-5)7-9-3-4-10-7/h3-4H2,1-2H3. The normalized spacial score (nSPS) is 24.5. The molecule has 2 aliphatic rings. The van der Waals surface area contributed by atoms with Gasteiger partial charge in [0.1, 0.15) is 0 Å². The van der Waals surface area contributed by atoms with Crippen molar-refractivity contribution in [1.82, 2.24) is 0 Å². The second kappa shape index (κ2) is 4.16. The Hall–Kier alpha value is 1.22. The van der Waals surface area contributed by atoms with Crippen LogP contribution in [0.1, 0.15) is 13.8 Å². The summed E-state index contributed by atoms with van der Waals surface area (Å²) in [7, 11) is 0. The summed E-state index contributed by atoms with van der Waals surface area (Å²) >= 11 is 5.63. The van der Waals surface area contributed by atoms with Crippen molar-refractivity contribution >= 4 is 53.4 Å². The van der Waals surface area contributed by atoms with Crippen LogP contribution in [0.25, 0.3) is 0 Å². The van der Waals surface area contributed by atoms with Gasteiger partial charge in [0.2, 0.25) is 0 Å². The van der Waals surface area contributed by atoms with E-state index >= 15 is 0 Å². The fourth-order valence-electron chi connectivity index (χ4n) is 0.954. The molecule has 0 aromatic rings. The van der Waals surface area contributed by atoms with Gasteiger partial charge in [0.25, 0.3) is 0 Å². The molecule has 0 nitrogen and oxygen atoms in total. The molecule has 4 heteroatoms. The van der Waals surface area contributed by atoms with Crippen LogP contribution in [-0.4, -0.2) is 41.4 Å². The minimum atomic E-state index is 0.726. The van der Waals surface area contributed by atoms with E-state index < -0.39 is 0 Å². The number of thioether (sulfide) groups is 2. The van der Waals surface area contributed by atoms with E-state index in [9.17, 15) is 0 Å². The molecule has 0 unspecified atom stereocenters. The molecule has 2 aliphatic heterocycles. The quantitative estimate of drug-likeness (QED) is 0.626. The van der Waals surface area contributed by atoms with Gasteiger partial charge >= 0.3 is 95.3 Å². The van der Waals surface area contributed by atoms with Gasteiger partial charge in [0.05, 0.1) is 0 Å². The second-order valence-electron chi connectivity index (χ2n) is 2.59. The topological polar surface area (TPSA) is 0 Å². The second-order valence-corrected chi connectivity index (χ2v) is 11.5. The first-order valence-electron chi connectivity index (χ1n) is 3.80. The zero-order valence-corrected chi connectivity index (χ0v) is 12.1. The first-order chi connectivity index (χ1) is 5.77. The Morgan fingerprint density at radius 2 is 1.50 bits per heavy atom. The van der Waals surface area contributed by atoms with Gasteiger partial charge in [-0.3, -0.25) is 0 Å². The van der Waals surface area contributed by atoms with Crippen molar-refractivity contribution in [2.45, 2.75) is 13.8 Å². The molecule has 0 saturated carbocycles. The van der Waals surface area contributed by atoms with Crippen LogP contribution in [0.4, 0.5) is 0 Å². The summed E-state index contributed by atoms with van der Waals surface area (Å²) in [4.78, 5) is 0. The fraction of sp³-hybridized carbons (Fsp3) is 0.500. The summed E-state index contributed by atoms with van der Waals surface area (Å²) in [6.07, 6.45) is 0. The van der Waals surface area contributed by atoms with Gasteiger partial charge in [0, 0.05) is 0 Å². The number of rotatable bonds is 0. The predicted octanol–water partition coefficient (Wildman–Crippen LogP) is 2.27. The van der Waals surface area contributed by atoms with Crippen molar-refractivity contribution < 1.29 is 0 Å². The van der Waals surface area contributed by atoms with Gasteiger partial charge < -0.3 is 0 Å². The summed E-state index contributed by atoms with van der Waals surface area (Å²) in [5, 5.41) is 0. The first kappa shape index (κ1) is 9.76. The van der Waals surface area contributed by atoms with E-state index in [1.807, 2.05) is 3.37 Å². The zero-order valence-electron chi connectivity index (χ0n) is 7.05. The van der Waals surface area contributed by atoms with Crippen LogP contribution in [0.15, 0.2) is 16.6 Å². The Bertz CT molecular complexity index is 244. The van der Waals surface area contributed by atoms with E-state index in [0.717, 1.165) is 29.9 Å². The molecule has 0 N–H and O–H groups in total. The predicted molar refractivity (Wildman–Crippen MR) is 61.8 cm³/mol. The van der Waals surface area contributed by atoms with Gasteiger partial charge in [-0.2, -0.15) is 0 Å². The molecule has 1 fully saturated rings. The molecule has 2 heterocycles. The molecule has 1 saturated heterocycles. The molecule has 2 rings (SSSR count). The Morgan fingerprint density at radius 3 is 2.00 bits per heavy atom. The van der Waals surface area contributed by atoms with Crippen LogP contribution in [-0.2, 0) is 0 Å². The number of hydrogen-bond donors (Lipinski definition) is 0. The van der Waals surface area contributed by atoms with E-state index in [-0.39, 0.29) is 0 Å². The maximum atomic E-state index is 2.31. The molecule has 0 aliphatic carbocycles. The third-order valence-electron chi connectivity index (χ3n) is 1.70. The van der Waals surface area contributed by atoms with Gasteiger partial charge in [-0.15, -0.1) is 0 Å². The number of hydrogen-bond acceptors (Lipinski definition) is 2. The van der Waals surface area contributed by atoms with Crippen LogP contribution in [0.5, 0.6) is 0 Å². The summed E-state index contributed by atoms with van der Waals surface area (Å²) in [6.45, 7) is 4.63. The average Bonchev–Trinajstić information content (AvgIpc) is 2.61. The molecule has 0 atom stereocenters. The Labute approximate surface area is 94.7 Å². The van der Waals surface area contributed by atoms with Crippen molar-refractivity contribution in [3.05, 3.63) is 16.6 Å². The third-order valence-corrected chi connectivity index (χ3v) is 12.3. The van der Waals surface area contributed by atoms with E-state index in [1.165, 1.54) is 11.5 Å². The zero-order chi connectivity index (χ0) is 8.55. The molecule has 0 aromatic carbocycles. The van der Waals surface area contributed by atoms with Crippen molar-refractivity contribution in [1.29, 1.82) is 0 Å². The fourth-order valence-corrected chi connectivity index (χ4v) is 11.7. The molecule has 0 aromatic heterocycles. The molecule has 12 heavy (non-hydrogen) atoms. The summed E-state index contributed by atoms with van der Waals surface area (Å²) in [5.74, 6) is 2.68. The minimum absolute atomic E-state index is 0.726. The number of allylic oxidation sites excluding steroid dienone is 2. The molecule has 0 radical (unpaired) electrons. The molecular formula is C8H10S2Se2.